The molecule has 0 radical (unpaired) electrons. The maximum atomic E-state index is 13.5. The first-order valence-corrected chi connectivity index (χ1v) is 6.27. The van der Waals surface area contributed by atoms with Crippen molar-refractivity contribution in [3.8, 4) is 5.69 Å². The van der Waals surface area contributed by atoms with E-state index in [0.717, 1.165) is 5.69 Å². The van der Waals surface area contributed by atoms with Crippen molar-refractivity contribution in [1.82, 2.24) is 9.78 Å². The molecule has 0 unspecified atom stereocenters. The lowest BCUT2D eigenvalue weighted by molar-refractivity contribution is 0.589. The Hall–Kier alpha value is -1.64. The summed E-state index contributed by atoms with van der Waals surface area (Å²) < 4.78 is 15.2. The molecule has 18 heavy (non-hydrogen) atoms. The van der Waals surface area contributed by atoms with Gasteiger partial charge in [0.2, 0.25) is 0 Å². The average Bonchev–Trinajstić information content (AvgIpc) is 2.70. The van der Waals surface area contributed by atoms with Crippen LogP contribution >= 0.6 is 0 Å². The largest absolute Gasteiger partial charge is 0.238 e. The lowest BCUT2D eigenvalue weighted by atomic mass is 9.87. The van der Waals surface area contributed by atoms with E-state index in [2.05, 4.69) is 38.0 Å². The van der Waals surface area contributed by atoms with E-state index in [9.17, 15) is 4.39 Å². The molecule has 0 saturated carbocycles. The molecule has 0 aliphatic carbocycles. The molecule has 1 aromatic carbocycles. The zero-order chi connectivity index (χ0) is 13.3. The van der Waals surface area contributed by atoms with Crippen molar-refractivity contribution >= 4 is 0 Å². The highest BCUT2D eigenvalue weighted by molar-refractivity contribution is 5.38. The van der Waals surface area contributed by atoms with Gasteiger partial charge in [-0.1, -0.05) is 39.8 Å². The number of rotatable bonds is 2. The highest BCUT2D eigenvalue weighted by Gasteiger charge is 2.15. The predicted octanol–water partition coefficient (Wildman–Crippen LogP) is 3.87. The first kappa shape index (κ1) is 12.8. The molecule has 0 atom stereocenters. The van der Waals surface area contributed by atoms with Crippen LogP contribution in [0.15, 0.2) is 30.5 Å². The zero-order valence-corrected chi connectivity index (χ0v) is 11.4. The highest BCUT2D eigenvalue weighted by Crippen LogP contribution is 2.24. The number of benzene rings is 1. The Balaban J connectivity index is 2.44. The van der Waals surface area contributed by atoms with Crippen molar-refractivity contribution in [2.75, 3.05) is 0 Å². The van der Waals surface area contributed by atoms with Crippen LogP contribution in [-0.4, -0.2) is 9.78 Å². The normalized spacial score (nSPS) is 11.8. The SMILES string of the molecule is CCc1nn(-c2cccc(C(C)(C)C)c2)cc1F. The van der Waals surface area contributed by atoms with Crippen molar-refractivity contribution in [3.05, 3.63) is 47.5 Å². The number of nitrogens with zero attached hydrogens (tertiary/aromatic N) is 2. The molecule has 0 fully saturated rings. The fourth-order valence-corrected chi connectivity index (χ4v) is 1.88. The van der Waals surface area contributed by atoms with Gasteiger partial charge in [-0.25, -0.2) is 9.07 Å². The van der Waals surface area contributed by atoms with Gasteiger partial charge in [0.25, 0.3) is 0 Å². The molecule has 2 aromatic rings. The van der Waals surface area contributed by atoms with Crippen molar-refractivity contribution in [2.24, 2.45) is 0 Å². The van der Waals surface area contributed by atoms with Crippen LogP contribution in [0.5, 0.6) is 0 Å². The Kier molecular flexibility index (Phi) is 3.24. The van der Waals surface area contributed by atoms with Gasteiger partial charge in [-0.2, -0.15) is 5.10 Å². The minimum atomic E-state index is -0.237. The zero-order valence-electron chi connectivity index (χ0n) is 11.4. The van der Waals surface area contributed by atoms with Crippen LogP contribution in [-0.2, 0) is 11.8 Å². The summed E-state index contributed by atoms with van der Waals surface area (Å²) in [5, 5.41) is 4.26. The summed E-state index contributed by atoms with van der Waals surface area (Å²) in [6, 6.07) is 8.08. The molecule has 1 heterocycles. The van der Waals surface area contributed by atoms with Crippen LogP contribution in [0.1, 0.15) is 39.0 Å². The minimum absolute atomic E-state index is 0.0787. The molecule has 1 aromatic heterocycles. The third-order valence-corrected chi connectivity index (χ3v) is 3.05. The first-order valence-electron chi connectivity index (χ1n) is 6.27. The van der Waals surface area contributed by atoms with Gasteiger partial charge in [-0.05, 0) is 29.5 Å². The number of hydrogen-bond acceptors (Lipinski definition) is 1. The van der Waals surface area contributed by atoms with Crippen molar-refractivity contribution in [2.45, 2.75) is 39.5 Å². The van der Waals surface area contributed by atoms with E-state index in [1.807, 2.05) is 19.1 Å². The second-order valence-corrected chi connectivity index (χ2v) is 5.52. The van der Waals surface area contributed by atoms with Crippen LogP contribution < -0.4 is 0 Å². The average molecular weight is 246 g/mol. The van der Waals surface area contributed by atoms with Crippen LogP contribution in [0.4, 0.5) is 4.39 Å². The Morgan fingerprint density at radius 3 is 2.56 bits per heavy atom. The predicted molar refractivity (Wildman–Crippen MR) is 71.6 cm³/mol. The van der Waals surface area contributed by atoms with Crippen LogP contribution in [0.25, 0.3) is 5.69 Å². The lowest BCUT2D eigenvalue weighted by Crippen LogP contribution is -2.11. The van der Waals surface area contributed by atoms with Crippen molar-refractivity contribution in [3.63, 3.8) is 0 Å². The molecule has 2 rings (SSSR count). The van der Waals surface area contributed by atoms with Gasteiger partial charge < -0.3 is 0 Å². The van der Waals surface area contributed by atoms with E-state index < -0.39 is 0 Å². The molecule has 0 spiro atoms. The molecular formula is C15H19FN2. The molecule has 0 N–H and O–H groups in total. The summed E-state index contributed by atoms with van der Waals surface area (Å²) >= 11 is 0. The fraction of sp³-hybridized carbons (Fsp3) is 0.400. The maximum absolute atomic E-state index is 13.5. The van der Waals surface area contributed by atoms with Crippen molar-refractivity contribution < 1.29 is 4.39 Å². The van der Waals surface area contributed by atoms with Crippen LogP contribution in [0.2, 0.25) is 0 Å². The topological polar surface area (TPSA) is 17.8 Å². The Morgan fingerprint density at radius 1 is 1.28 bits per heavy atom. The van der Waals surface area contributed by atoms with E-state index in [4.69, 9.17) is 0 Å². The highest BCUT2D eigenvalue weighted by atomic mass is 19.1. The maximum Gasteiger partial charge on any atom is 0.164 e. The molecular weight excluding hydrogens is 227 g/mol. The third-order valence-electron chi connectivity index (χ3n) is 3.05. The standard InChI is InChI=1S/C15H19FN2/c1-5-14-13(16)10-18(17-14)12-8-6-7-11(9-12)15(2,3)4/h6-10H,5H2,1-4H3. The summed E-state index contributed by atoms with van der Waals surface area (Å²) in [4.78, 5) is 0. The van der Waals surface area contributed by atoms with E-state index in [0.29, 0.717) is 12.1 Å². The van der Waals surface area contributed by atoms with Gasteiger partial charge in [0, 0.05) is 0 Å². The summed E-state index contributed by atoms with van der Waals surface area (Å²) in [6.45, 7) is 8.38. The monoisotopic (exact) mass is 246 g/mol. The van der Waals surface area contributed by atoms with E-state index >= 15 is 0 Å². The van der Waals surface area contributed by atoms with Gasteiger partial charge in [0.1, 0.15) is 0 Å². The second-order valence-electron chi connectivity index (χ2n) is 5.52. The van der Waals surface area contributed by atoms with E-state index in [-0.39, 0.29) is 11.2 Å². The smallest absolute Gasteiger partial charge is 0.164 e. The number of aromatic nitrogens is 2. The summed E-state index contributed by atoms with van der Waals surface area (Å²) in [5.41, 5.74) is 2.71. The van der Waals surface area contributed by atoms with Gasteiger partial charge in [0.05, 0.1) is 17.6 Å². The molecule has 2 nitrogen and oxygen atoms in total. The van der Waals surface area contributed by atoms with Crippen molar-refractivity contribution in [1.29, 1.82) is 0 Å². The lowest BCUT2D eigenvalue weighted by Gasteiger charge is -2.19. The number of halogens is 1. The Labute approximate surface area is 107 Å². The second kappa shape index (κ2) is 4.56. The van der Waals surface area contributed by atoms with E-state index in [1.54, 1.807) is 4.68 Å². The van der Waals surface area contributed by atoms with Crippen LogP contribution in [0, 0.1) is 5.82 Å². The molecule has 0 saturated heterocycles. The first-order chi connectivity index (χ1) is 8.41. The summed E-state index contributed by atoms with van der Waals surface area (Å²) in [6.07, 6.45) is 2.05. The van der Waals surface area contributed by atoms with Gasteiger partial charge in [-0.3, -0.25) is 0 Å². The molecule has 0 aliphatic heterocycles. The fourth-order valence-electron chi connectivity index (χ4n) is 1.88. The molecule has 0 amide bonds. The van der Waals surface area contributed by atoms with Gasteiger partial charge in [0.15, 0.2) is 5.82 Å². The summed E-state index contributed by atoms with van der Waals surface area (Å²) in [5.74, 6) is -0.237. The Bertz CT molecular complexity index is 550. The number of aryl methyl sites for hydroxylation is 1. The molecule has 0 aliphatic rings. The van der Waals surface area contributed by atoms with Gasteiger partial charge >= 0.3 is 0 Å². The quantitative estimate of drug-likeness (QED) is 0.786. The summed E-state index contributed by atoms with van der Waals surface area (Å²) in [7, 11) is 0. The molecule has 3 heteroatoms. The Morgan fingerprint density at radius 2 is 2.00 bits per heavy atom. The van der Waals surface area contributed by atoms with E-state index in [1.165, 1.54) is 11.8 Å². The molecule has 96 valence electrons. The minimum Gasteiger partial charge on any atom is -0.238 e. The number of hydrogen-bond donors (Lipinski definition) is 0. The van der Waals surface area contributed by atoms with Gasteiger partial charge in [-0.15, -0.1) is 0 Å². The third kappa shape index (κ3) is 2.45. The molecule has 0 bridgehead atoms. The van der Waals surface area contributed by atoms with Crippen LogP contribution in [0.3, 0.4) is 0 Å².